The summed E-state index contributed by atoms with van der Waals surface area (Å²) >= 11 is 11.7. The number of amides is 1. The van der Waals surface area contributed by atoms with Crippen molar-refractivity contribution < 1.29 is 18.7 Å². The standard InChI is InChI=1S/C15H13Cl2NO4/c1-9(14(19)18-8-11-3-2-6-21-11)22-15(20)12-5-4-10(16)7-13(12)17/h2-7,9H,8H2,1H3,(H,18,19)/t9-/m1/s1. The first-order chi connectivity index (χ1) is 10.5. The van der Waals surface area contributed by atoms with E-state index in [1.807, 2.05) is 0 Å². The highest BCUT2D eigenvalue weighted by Crippen LogP contribution is 2.22. The molecule has 0 radical (unpaired) electrons. The first-order valence-corrected chi connectivity index (χ1v) is 7.19. The van der Waals surface area contributed by atoms with Crippen LogP contribution in [0.1, 0.15) is 23.0 Å². The van der Waals surface area contributed by atoms with Gasteiger partial charge in [-0.3, -0.25) is 4.79 Å². The molecule has 1 heterocycles. The lowest BCUT2D eigenvalue weighted by molar-refractivity contribution is -0.129. The van der Waals surface area contributed by atoms with Gasteiger partial charge in [0.2, 0.25) is 0 Å². The number of ether oxygens (including phenoxy) is 1. The molecule has 0 spiro atoms. The topological polar surface area (TPSA) is 68.5 Å². The average molecular weight is 342 g/mol. The number of furan rings is 1. The summed E-state index contributed by atoms with van der Waals surface area (Å²) in [6.07, 6.45) is 0.544. The molecule has 7 heteroatoms. The van der Waals surface area contributed by atoms with E-state index in [1.165, 1.54) is 31.4 Å². The number of carbonyl (C=O) groups excluding carboxylic acids is 2. The maximum Gasteiger partial charge on any atom is 0.340 e. The summed E-state index contributed by atoms with van der Waals surface area (Å²) in [6, 6.07) is 7.84. The first-order valence-electron chi connectivity index (χ1n) is 6.43. The Morgan fingerprint density at radius 1 is 1.32 bits per heavy atom. The fourth-order valence-corrected chi connectivity index (χ4v) is 2.15. The summed E-state index contributed by atoms with van der Waals surface area (Å²) in [5, 5.41) is 3.18. The molecular formula is C15H13Cl2NO4. The van der Waals surface area contributed by atoms with Crippen LogP contribution in [0.15, 0.2) is 41.0 Å². The van der Waals surface area contributed by atoms with Gasteiger partial charge in [0.05, 0.1) is 23.4 Å². The minimum absolute atomic E-state index is 0.150. The molecule has 22 heavy (non-hydrogen) atoms. The third-order valence-electron chi connectivity index (χ3n) is 2.82. The first kappa shape index (κ1) is 16.4. The Balaban J connectivity index is 1.91. The van der Waals surface area contributed by atoms with Crippen LogP contribution in [0.5, 0.6) is 0 Å². The second kappa shape index (κ2) is 7.33. The normalized spacial score (nSPS) is 11.8. The number of hydrogen-bond acceptors (Lipinski definition) is 4. The lowest BCUT2D eigenvalue weighted by atomic mass is 10.2. The third-order valence-corrected chi connectivity index (χ3v) is 3.37. The summed E-state index contributed by atoms with van der Waals surface area (Å²) < 4.78 is 10.2. The van der Waals surface area contributed by atoms with Crippen LogP contribution in [0.25, 0.3) is 0 Å². The molecule has 1 aromatic carbocycles. The summed E-state index contributed by atoms with van der Waals surface area (Å²) in [4.78, 5) is 23.8. The van der Waals surface area contributed by atoms with Gasteiger partial charge in [-0.15, -0.1) is 0 Å². The van der Waals surface area contributed by atoms with Crippen molar-refractivity contribution in [3.63, 3.8) is 0 Å². The minimum atomic E-state index is -0.964. The Bertz CT molecular complexity index is 670. The molecule has 1 N–H and O–H groups in total. The zero-order valence-electron chi connectivity index (χ0n) is 11.6. The molecule has 1 amide bonds. The van der Waals surface area contributed by atoms with Crippen molar-refractivity contribution in [2.24, 2.45) is 0 Å². The minimum Gasteiger partial charge on any atom is -0.467 e. The Labute approximate surface area is 137 Å². The molecule has 0 saturated heterocycles. The van der Waals surface area contributed by atoms with Gasteiger partial charge in [-0.25, -0.2) is 4.79 Å². The van der Waals surface area contributed by atoms with Crippen LogP contribution in [0.4, 0.5) is 0 Å². The maximum atomic E-state index is 12.0. The molecule has 1 aromatic heterocycles. The predicted molar refractivity (Wildman–Crippen MR) is 81.9 cm³/mol. The number of halogens is 2. The highest BCUT2D eigenvalue weighted by atomic mass is 35.5. The number of rotatable bonds is 5. The van der Waals surface area contributed by atoms with Crippen molar-refractivity contribution in [1.29, 1.82) is 0 Å². The molecular weight excluding hydrogens is 329 g/mol. The van der Waals surface area contributed by atoms with E-state index in [1.54, 1.807) is 12.1 Å². The maximum absolute atomic E-state index is 12.0. The van der Waals surface area contributed by atoms with E-state index in [0.29, 0.717) is 10.8 Å². The van der Waals surface area contributed by atoms with Gasteiger partial charge >= 0.3 is 5.97 Å². The molecule has 0 aliphatic rings. The number of nitrogens with one attached hydrogen (secondary N) is 1. The van der Waals surface area contributed by atoms with Gasteiger partial charge in [0.15, 0.2) is 6.10 Å². The van der Waals surface area contributed by atoms with Crippen molar-refractivity contribution in [2.45, 2.75) is 19.6 Å². The fourth-order valence-electron chi connectivity index (χ4n) is 1.66. The summed E-state index contributed by atoms with van der Waals surface area (Å²) in [6.45, 7) is 1.69. The molecule has 0 fully saturated rings. The number of benzene rings is 1. The van der Waals surface area contributed by atoms with Crippen LogP contribution in [-0.2, 0) is 16.1 Å². The smallest absolute Gasteiger partial charge is 0.340 e. The average Bonchev–Trinajstić information content (AvgIpc) is 2.97. The van der Waals surface area contributed by atoms with Crippen LogP contribution in [-0.4, -0.2) is 18.0 Å². The van der Waals surface area contributed by atoms with Crippen LogP contribution in [0, 0.1) is 0 Å². The van der Waals surface area contributed by atoms with E-state index in [0.717, 1.165) is 0 Å². The highest BCUT2D eigenvalue weighted by molar-refractivity contribution is 6.36. The van der Waals surface area contributed by atoms with Crippen molar-refractivity contribution in [2.75, 3.05) is 0 Å². The summed E-state index contributed by atoms with van der Waals surface area (Å²) in [5.74, 6) is -0.523. The van der Waals surface area contributed by atoms with E-state index < -0.39 is 18.0 Å². The van der Waals surface area contributed by atoms with Gasteiger partial charge in [-0.05, 0) is 37.3 Å². The second-order valence-corrected chi connectivity index (χ2v) is 5.31. The van der Waals surface area contributed by atoms with Crippen molar-refractivity contribution in [3.8, 4) is 0 Å². The SMILES string of the molecule is C[C@@H](OC(=O)c1ccc(Cl)cc1Cl)C(=O)NCc1ccco1. The van der Waals surface area contributed by atoms with E-state index in [2.05, 4.69) is 5.32 Å². The molecule has 1 atom stereocenters. The largest absolute Gasteiger partial charge is 0.467 e. The van der Waals surface area contributed by atoms with Crippen molar-refractivity contribution >= 4 is 35.1 Å². The van der Waals surface area contributed by atoms with E-state index in [9.17, 15) is 9.59 Å². The Kier molecular flexibility index (Phi) is 5.46. The molecule has 5 nitrogen and oxygen atoms in total. The van der Waals surface area contributed by atoms with Gasteiger partial charge in [0.25, 0.3) is 5.91 Å². The van der Waals surface area contributed by atoms with E-state index in [4.69, 9.17) is 32.4 Å². The van der Waals surface area contributed by atoms with E-state index >= 15 is 0 Å². The molecule has 116 valence electrons. The summed E-state index contributed by atoms with van der Waals surface area (Å²) in [7, 11) is 0. The lowest BCUT2D eigenvalue weighted by Gasteiger charge is -2.13. The van der Waals surface area contributed by atoms with Crippen LogP contribution in [0.3, 0.4) is 0 Å². The zero-order valence-corrected chi connectivity index (χ0v) is 13.1. The number of hydrogen-bond donors (Lipinski definition) is 1. The second-order valence-electron chi connectivity index (χ2n) is 4.47. The highest BCUT2D eigenvalue weighted by Gasteiger charge is 2.20. The van der Waals surface area contributed by atoms with Gasteiger partial charge in [0, 0.05) is 5.02 Å². The monoisotopic (exact) mass is 341 g/mol. The lowest BCUT2D eigenvalue weighted by Crippen LogP contribution is -2.35. The molecule has 2 rings (SSSR count). The quantitative estimate of drug-likeness (QED) is 0.845. The van der Waals surface area contributed by atoms with Crippen molar-refractivity contribution in [1.82, 2.24) is 5.32 Å². The van der Waals surface area contributed by atoms with Gasteiger partial charge in [-0.2, -0.15) is 0 Å². The number of esters is 1. The molecule has 0 unspecified atom stereocenters. The molecule has 2 aromatic rings. The number of carbonyl (C=O) groups is 2. The van der Waals surface area contributed by atoms with Gasteiger partial charge in [0.1, 0.15) is 5.76 Å². The zero-order chi connectivity index (χ0) is 16.1. The Morgan fingerprint density at radius 2 is 2.09 bits per heavy atom. The fraction of sp³-hybridized carbons (Fsp3) is 0.200. The summed E-state index contributed by atoms with van der Waals surface area (Å²) in [5.41, 5.74) is 0.150. The van der Waals surface area contributed by atoms with Crippen molar-refractivity contribution in [3.05, 3.63) is 58.0 Å². The van der Waals surface area contributed by atoms with Crippen LogP contribution in [0.2, 0.25) is 10.0 Å². The Hall–Kier alpha value is -1.98. The predicted octanol–water partition coefficient (Wildman–Crippen LogP) is 3.45. The van der Waals surface area contributed by atoms with Gasteiger partial charge in [-0.1, -0.05) is 23.2 Å². The molecule has 0 saturated carbocycles. The molecule has 0 aliphatic carbocycles. The molecule has 0 aliphatic heterocycles. The van der Waals surface area contributed by atoms with Crippen LogP contribution < -0.4 is 5.32 Å². The van der Waals surface area contributed by atoms with E-state index in [-0.39, 0.29) is 17.1 Å². The third kappa shape index (κ3) is 4.26. The Morgan fingerprint density at radius 3 is 2.73 bits per heavy atom. The van der Waals surface area contributed by atoms with Gasteiger partial charge < -0.3 is 14.5 Å². The van der Waals surface area contributed by atoms with Crippen LogP contribution >= 0.6 is 23.2 Å². The molecule has 0 bridgehead atoms.